The maximum Gasteiger partial charge on any atom is 0.341 e. The van der Waals surface area contributed by atoms with Gasteiger partial charge in [-0.2, -0.15) is 0 Å². The Morgan fingerprint density at radius 2 is 1.91 bits per heavy atom. The standard InChI is InChI=1S/C22H26ClN3O5S/c1-6-30-22(29)15-9-17(12(2)3)32-21(15)26-19(28)11-31-24-10-18(27)25-20-14(5)7-13(4)8-16(20)23/h7-10,12H,6,11H2,1-5H3,(H,25,27)(H,26,28)/b24-10-. The van der Waals surface area contributed by atoms with Gasteiger partial charge in [0.25, 0.3) is 11.8 Å². The molecule has 172 valence electrons. The van der Waals surface area contributed by atoms with Crippen molar-refractivity contribution in [1.82, 2.24) is 0 Å². The maximum atomic E-state index is 12.2. The average molecular weight is 480 g/mol. The van der Waals surface area contributed by atoms with Crippen LogP contribution < -0.4 is 10.6 Å². The van der Waals surface area contributed by atoms with Crippen molar-refractivity contribution < 1.29 is 24.0 Å². The number of benzene rings is 1. The molecule has 0 atom stereocenters. The minimum absolute atomic E-state index is 0.184. The van der Waals surface area contributed by atoms with Gasteiger partial charge in [0.2, 0.25) is 0 Å². The predicted octanol–water partition coefficient (Wildman–Crippen LogP) is 4.90. The molecular formula is C22H26ClN3O5S. The first-order valence-corrected chi connectivity index (χ1v) is 11.2. The van der Waals surface area contributed by atoms with Gasteiger partial charge in [-0.25, -0.2) is 4.79 Å². The molecule has 0 aliphatic heterocycles. The summed E-state index contributed by atoms with van der Waals surface area (Å²) >= 11 is 7.46. The molecule has 0 aliphatic carbocycles. The van der Waals surface area contributed by atoms with Gasteiger partial charge in [-0.3, -0.25) is 9.59 Å². The molecule has 32 heavy (non-hydrogen) atoms. The first-order chi connectivity index (χ1) is 15.1. The Labute approximate surface area is 195 Å². The van der Waals surface area contributed by atoms with Crippen molar-refractivity contribution in [3.63, 3.8) is 0 Å². The van der Waals surface area contributed by atoms with Gasteiger partial charge < -0.3 is 20.2 Å². The molecule has 1 aromatic heterocycles. The van der Waals surface area contributed by atoms with E-state index in [1.807, 2.05) is 33.8 Å². The van der Waals surface area contributed by atoms with E-state index in [0.717, 1.165) is 22.2 Å². The SMILES string of the molecule is CCOC(=O)c1cc(C(C)C)sc1NC(=O)CO/N=C\C(=O)Nc1c(C)cc(C)cc1Cl. The van der Waals surface area contributed by atoms with Crippen LogP contribution >= 0.6 is 22.9 Å². The van der Waals surface area contributed by atoms with Crippen molar-refractivity contribution in [2.45, 2.75) is 40.5 Å². The van der Waals surface area contributed by atoms with Gasteiger partial charge in [-0.05, 0) is 49.9 Å². The summed E-state index contributed by atoms with van der Waals surface area (Å²) in [6, 6.07) is 5.34. The molecule has 0 fully saturated rings. The Kier molecular flexibility index (Phi) is 9.22. The Hall–Kier alpha value is -2.91. The number of ether oxygens (including phenoxy) is 1. The first-order valence-electron chi connectivity index (χ1n) is 9.96. The normalized spacial score (nSPS) is 11.0. The van der Waals surface area contributed by atoms with Crippen LogP contribution in [-0.2, 0) is 19.2 Å². The van der Waals surface area contributed by atoms with E-state index >= 15 is 0 Å². The molecule has 2 aromatic rings. The summed E-state index contributed by atoms with van der Waals surface area (Å²) in [5, 5.41) is 9.58. The number of thiophene rings is 1. The molecule has 0 unspecified atom stereocenters. The number of carbonyl (C=O) groups excluding carboxylic acids is 3. The lowest BCUT2D eigenvalue weighted by atomic mass is 10.1. The zero-order chi connectivity index (χ0) is 23.8. The lowest BCUT2D eigenvalue weighted by Crippen LogP contribution is -2.19. The lowest BCUT2D eigenvalue weighted by Gasteiger charge is -2.09. The number of carbonyl (C=O) groups is 3. The highest BCUT2D eigenvalue weighted by atomic mass is 35.5. The summed E-state index contributed by atoms with van der Waals surface area (Å²) in [4.78, 5) is 42.2. The number of aryl methyl sites for hydroxylation is 2. The van der Waals surface area contributed by atoms with Crippen LogP contribution in [0.4, 0.5) is 10.7 Å². The molecule has 0 bridgehead atoms. The number of anilines is 2. The van der Waals surface area contributed by atoms with Crippen LogP contribution in [0.2, 0.25) is 5.02 Å². The molecule has 8 nitrogen and oxygen atoms in total. The summed E-state index contributed by atoms with van der Waals surface area (Å²) < 4.78 is 5.05. The van der Waals surface area contributed by atoms with Crippen LogP contribution in [0.3, 0.4) is 0 Å². The smallest absolute Gasteiger partial charge is 0.341 e. The van der Waals surface area contributed by atoms with E-state index in [4.69, 9.17) is 21.2 Å². The average Bonchev–Trinajstić information content (AvgIpc) is 3.12. The quantitative estimate of drug-likeness (QED) is 0.302. The Morgan fingerprint density at radius 3 is 2.53 bits per heavy atom. The van der Waals surface area contributed by atoms with Gasteiger partial charge in [0, 0.05) is 4.88 Å². The van der Waals surface area contributed by atoms with Crippen molar-refractivity contribution in [2.75, 3.05) is 23.8 Å². The summed E-state index contributed by atoms with van der Waals surface area (Å²) in [5.41, 5.74) is 2.57. The highest BCUT2D eigenvalue weighted by molar-refractivity contribution is 7.16. The maximum absolute atomic E-state index is 12.2. The summed E-state index contributed by atoms with van der Waals surface area (Å²) in [7, 11) is 0. The number of halogens is 1. The molecule has 0 saturated carbocycles. The van der Waals surface area contributed by atoms with Gasteiger partial charge in [0.05, 0.1) is 22.9 Å². The third-order valence-corrected chi connectivity index (χ3v) is 5.84. The van der Waals surface area contributed by atoms with Crippen molar-refractivity contribution in [2.24, 2.45) is 5.16 Å². The fourth-order valence-corrected chi connectivity index (χ4v) is 4.15. The number of nitrogens with zero attached hydrogens (tertiary/aromatic N) is 1. The molecule has 2 amide bonds. The van der Waals surface area contributed by atoms with E-state index in [-0.39, 0.29) is 12.5 Å². The monoisotopic (exact) mass is 479 g/mol. The van der Waals surface area contributed by atoms with Gasteiger partial charge in [0.1, 0.15) is 11.2 Å². The van der Waals surface area contributed by atoms with E-state index in [9.17, 15) is 14.4 Å². The van der Waals surface area contributed by atoms with E-state index in [0.29, 0.717) is 21.3 Å². The molecule has 2 N–H and O–H groups in total. The summed E-state index contributed by atoms with van der Waals surface area (Å²) in [6.45, 7) is 9.20. The first kappa shape index (κ1) is 25.4. The fourth-order valence-electron chi connectivity index (χ4n) is 2.72. The molecular weight excluding hydrogens is 454 g/mol. The fraction of sp³-hybridized carbons (Fsp3) is 0.364. The number of oxime groups is 1. The van der Waals surface area contributed by atoms with E-state index < -0.39 is 24.4 Å². The van der Waals surface area contributed by atoms with Gasteiger partial charge >= 0.3 is 5.97 Å². The van der Waals surface area contributed by atoms with Crippen LogP contribution in [-0.4, -0.2) is 37.2 Å². The summed E-state index contributed by atoms with van der Waals surface area (Å²) in [5.74, 6) is -1.40. The number of amides is 2. The third kappa shape index (κ3) is 7.06. The third-order valence-electron chi connectivity index (χ3n) is 4.19. The van der Waals surface area contributed by atoms with Gasteiger partial charge in [-0.1, -0.05) is 36.7 Å². The van der Waals surface area contributed by atoms with Crippen LogP contribution in [0.1, 0.15) is 53.1 Å². The summed E-state index contributed by atoms with van der Waals surface area (Å²) in [6.07, 6.45) is 0.912. The van der Waals surface area contributed by atoms with Gasteiger partial charge in [-0.15, -0.1) is 11.3 Å². The van der Waals surface area contributed by atoms with Crippen molar-refractivity contribution in [3.8, 4) is 0 Å². The Bertz CT molecular complexity index is 1010. The lowest BCUT2D eigenvalue weighted by molar-refractivity contribution is -0.120. The van der Waals surface area contributed by atoms with Crippen molar-refractivity contribution in [3.05, 3.63) is 44.8 Å². The second-order valence-electron chi connectivity index (χ2n) is 7.25. The second-order valence-corrected chi connectivity index (χ2v) is 8.74. The number of rotatable bonds is 9. The minimum atomic E-state index is -0.552. The zero-order valence-electron chi connectivity index (χ0n) is 18.6. The number of hydrogen-bond acceptors (Lipinski definition) is 7. The molecule has 0 radical (unpaired) electrons. The number of nitrogens with one attached hydrogen (secondary N) is 2. The van der Waals surface area contributed by atoms with E-state index in [1.54, 1.807) is 19.1 Å². The molecule has 0 spiro atoms. The van der Waals surface area contributed by atoms with E-state index in [1.165, 1.54) is 11.3 Å². The largest absolute Gasteiger partial charge is 0.462 e. The highest BCUT2D eigenvalue weighted by Gasteiger charge is 2.20. The number of esters is 1. The zero-order valence-corrected chi connectivity index (χ0v) is 20.1. The molecule has 10 heteroatoms. The Morgan fingerprint density at radius 1 is 1.19 bits per heavy atom. The highest BCUT2D eigenvalue weighted by Crippen LogP contribution is 2.33. The van der Waals surface area contributed by atoms with Crippen LogP contribution in [0.25, 0.3) is 0 Å². The van der Waals surface area contributed by atoms with Crippen molar-refractivity contribution in [1.29, 1.82) is 0 Å². The van der Waals surface area contributed by atoms with Crippen molar-refractivity contribution >= 4 is 57.6 Å². The van der Waals surface area contributed by atoms with Crippen LogP contribution in [0.15, 0.2) is 23.4 Å². The Balaban J connectivity index is 1.93. The molecule has 0 aliphatic rings. The minimum Gasteiger partial charge on any atom is -0.462 e. The van der Waals surface area contributed by atoms with Crippen LogP contribution in [0, 0.1) is 13.8 Å². The van der Waals surface area contributed by atoms with E-state index in [2.05, 4.69) is 15.8 Å². The predicted molar refractivity (Wildman–Crippen MR) is 127 cm³/mol. The molecule has 0 saturated heterocycles. The molecule has 2 rings (SSSR count). The second kappa shape index (κ2) is 11.6. The molecule has 1 heterocycles. The molecule has 1 aromatic carbocycles. The topological polar surface area (TPSA) is 106 Å². The number of hydrogen-bond donors (Lipinski definition) is 2. The van der Waals surface area contributed by atoms with Crippen LogP contribution in [0.5, 0.6) is 0 Å². The van der Waals surface area contributed by atoms with Gasteiger partial charge in [0.15, 0.2) is 6.61 Å².